The van der Waals surface area contributed by atoms with Crippen molar-refractivity contribution in [3.8, 4) is 11.5 Å². The number of benzene rings is 1. The number of halogens is 2. The number of aromatic nitrogens is 3. The number of ether oxygens (including phenoxy) is 1. The number of nitrogens with one attached hydrogen (secondary N) is 1. The highest BCUT2D eigenvalue weighted by molar-refractivity contribution is 7.99. The molecular formula is C20H14F2N4OS2. The molecule has 0 aliphatic carbocycles. The first-order chi connectivity index (χ1) is 14.1. The van der Waals surface area contributed by atoms with E-state index in [1.54, 1.807) is 24.5 Å². The minimum absolute atomic E-state index is 0.246. The number of nitrogens with zero attached hydrogens (tertiary/aromatic N) is 3. The van der Waals surface area contributed by atoms with Gasteiger partial charge in [0.15, 0.2) is 22.5 Å². The van der Waals surface area contributed by atoms with Crippen LogP contribution in [-0.4, -0.2) is 15.0 Å². The summed E-state index contributed by atoms with van der Waals surface area (Å²) in [6, 6.07) is 10.6. The van der Waals surface area contributed by atoms with Crippen LogP contribution in [0.3, 0.4) is 0 Å². The number of thiazole rings is 1. The van der Waals surface area contributed by atoms with Crippen LogP contribution in [0, 0.1) is 18.6 Å². The van der Waals surface area contributed by atoms with Crippen LogP contribution in [0.4, 0.5) is 19.7 Å². The molecule has 0 saturated carbocycles. The third kappa shape index (κ3) is 4.69. The quantitative estimate of drug-likeness (QED) is 0.394. The summed E-state index contributed by atoms with van der Waals surface area (Å²) in [5, 5.41) is 6.33. The van der Waals surface area contributed by atoms with E-state index < -0.39 is 17.4 Å². The van der Waals surface area contributed by atoms with E-state index in [1.165, 1.54) is 29.2 Å². The van der Waals surface area contributed by atoms with Crippen LogP contribution in [0.2, 0.25) is 0 Å². The van der Waals surface area contributed by atoms with Crippen molar-refractivity contribution in [1.82, 2.24) is 15.0 Å². The summed E-state index contributed by atoms with van der Waals surface area (Å²) >= 11 is 2.71. The standard InChI is InChI=1S/C20H14F2N4OS2/c1-12-11-28-20(25-12)26-17-9-15(27-19-13(21)5-4-6-14(19)22)16(10-24-17)29-18-7-2-3-8-23-18/h2-11H,1H3,(H,24,25,26). The highest BCUT2D eigenvalue weighted by Crippen LogP contribution is 2.39. The number of anilines is 2. The molecule has 0 amide bonds. The molecule has 0 bridgehead atoms. The maximum atomic E-state index is 14.1. The number of para-hydroxylation sites is 1. The van der Waals surface area contributed by atoms with Crippen molar-refractivity contribution >= 4 is 34.0 Å². The van der Waals surface area contributed by atoms with Gasteiger partial charge >= 0.3 is 0 Å². The van der Waals surface area contributed by atoms with Crippen LogP contribution in [0.15, 0.2) is 70.2 Å². The Morgan fingerprint density at radius 1 is 1.07 bits per heavy atom. The zero-order valence-electron chi connectivity index (χ0n) is 15.1. The third-order valence-corrected chi connectivity index (χ3v) is 5.52. The van der Waals surface area contributed by atoms with Gasteiger partial charge in [-0.1, -0.05) is 23.9 Å². The maximum Gasteiger partial charge on any atom is 0.198 e. The molecule has 1 N–H and O–H groups in total. The van der Waals surface area contributed by atoms with E-state index in [-0.39, 0.29) is 5.75 Å². The molecule has 1 aromatic carbocycles. The lowest BCUT2D eigenvalue weighted by atomic mass is 10.3. The number of aryl methyl sites for hydroxylation is 1. The Labute approximate surface area is 173 Å². The molecule has 0 aliphatic rings. The van der Waals surface area contributed by atoms with E-state index in [9.17, 15) is 8.78 Å². The second-order valence-electron chi connectivity index (χ2n) is 5.86. The van der Waals surface area contributed by atoms with Crippen LogP contribution in [0.5, 0.6) is 11.5 Å². The Hall–Kier alpha value is -3.04. The van der Waals surface area contributed by atoms with Gasteiger partial charge < -0.3 is 10.1 Å². The second kappa shape index (κ2) is 8.54. The molecule has 3 aromatic heterocycles. The molecule has 3 heterocycles. The minimum Gasteiger partial charge on any atom is -0.450 e. The van der Waals surface area contributed by atoms with E-state index in [0.29, 0.717) is 20.9 Å². The molecule has 0 saturated heterocycles. The summed E-state index contributed by atoms with van der Waals surface area (Å²) in [5.74, 6) is -1.37. The zero-order chi connectivity index (χ0) is 20.2. The molecule has 0 spiro atoms. The summed E-state index contributed by atoms with van der Waals surface area (Å²) in [4.78, 5) is 13.5. The van der Waals surface area contributed by atoms with E-state index >= 15 is 0 Å². The topological polar surface area (TPSA) is 59.9 Å². The Morgan fingerprint density at radius 2 is 1.90 bits per heavy atom. The fourth-order valence-corrected chi connectivity index (χ4v) is 3.87. The predicted octanol–water partition coefficient (Wildman–Crippen LogP) is 6.21. The summed E-state index contributed by atoms with van der Waals surface area (Å²) in [6.45, 7) is 1.89. The highest BCUT2D eigenvalue weighted by atomic mass is 32.2. The number of hydrogen-bond acceptors (Lipinski definition) is 7. The predicted molar refractivity (Wildman–Crippen MR) is 109 cm³/mol. The van der Waals surface area contributed by atoms with Crippen LogP contribution >= 0.6 is 23.1 Å². The summed E-state index contributed by atoms with van der Waals surface area (Å²) < 4.78 is 33.9. The van der Waals surface area contributed by atoms with Gasteiger partial charge in [-0.05, 0) is 31.2 Å². The van der Waals surface area contributed by atoms with E-state index in [1.807, 2.05) is 24.4 Å². The molecule has 5 nitrogen and oxygen atoms in total. The summed E-state index contributed by atoms with van der Waals surface area (Å²) in [5.41, 5.74) is 0.879. The monoisotopic (exact) mass is 428 g/mol. The van der Waals surface area contributed by atoms with Gasteiger partial charge in [-0.25, -0.2) is 23.7 Å². The van der Waals surface area contributed by atoms with Gasteiger partial charge in [0.25, 0.3) is 0 Å². The Balaban J connectivity index is 1.70. The Morgan fingerprint density at radius 3 is 2.59 bits per heavy atom. The van der Waals surface area contributed by atoms with Crippen LogP contribution in [0.25, 0.3) is 0 Å². The lowest BCUT2D eigenvalue weighted by Gasteiger charge is -2.13. The highest BCUT2D eigenvalue weighted by Gasteiger charge is 2.16. The summed E-state index contributed by atoms with van der Waals surface area (Å²) in [7, 11) is 0. The van der Waals surface area contributed by atoms with Gasteiger partial charge in [0.1, 0.15) is 16.6 Å². The fraction of sp³-hybridized carbons (Fsp3) is 0.0500. The lowest BCUT2D eigenvalue weighted by molar-refractivity contribution is 0.400. The van der Waals surface area contributed by atoms with E-state index in [4.69, 9.17) is 4.74 Å². The van der Waals surface area contributed by atoms with Crippen molar-refractivity contribution in [2.24, 2.45) is 0 Å². The first-order valence-corrected chi connectivity index (χ1v) is 10.2. The molecule has 0 radical (unpaired) electrons. The van der Waals surface area contributed by atoms with Gasteiger partial charge in [-0.3, -0.25) is 0 Å². The SMILES string of the molecule is Cc1csc(Nc2cc(Oc3c(F)cccc3F)c(Sc3ccccn3)cn2)n1. The Bertz CT molecular complexity index is 1120. The van der Waals surface area contributed by atoms with Crippen LogP contribution in [0.1, 0.15) is 5.69 Å². The molecule has 4 aromatic rings. The average Bonchev–Trinajstić information content (AvgIpc) is 3.12. The van der Waals surface area contributed by atoms with Gasteiger partial charge in [-0.2, -0.15) is 0 Å². The van der Waals surface area contributed by atoms with Gasteiger partial charge in [0.05, 0.1) is 10.6 Å². The fourth-order valence-electron chi connectivity index (χ4n) is 2.38. The maximum absolute atomic E-state index is 14.1. The summed E-state index contributed by atoms with van der Waals surface area (Å²) in [6.07, 6.45) is 3.23. The molecule has 0 atom stereocenters. The van der Waals surface area contributed by atoms with Crippen molar-refractivity contribution < 1.29 is 13.5 Å². The van der Waals surface area contributed by atoms with Crippen molar-refractivity contribution in [2.75, 3.05) is 5.32 Å². The van der Waals surface area contributed by atoms with Crippen molar-refractivity contribution in [1.29, 1.82) is 0 Å². The molecular weight excluding hydrogens is 414 g/mol. The largest absolute Gasteiger partial charge is 0.450 e. The smallest absolute Gasteiger partial charge is 0.198 e. The van der Waals surface area contributed by atoms with Crippen molar-refractivity contribution in [3.63, 3.8) is 0 Å². The average molecular weight is 428 g/mol. The molecule has 0 unspecified atom stereocenters. The third-order valence-electron chi connectivity index (χ3n) is 3.67. The molecule has 0 aliphatic heterocycles. The van der Waals surface area contributed by atoms with Crippen molar-refractivity contribution in [2.45, 2.75) is 16.8 Å². The zero-order valence-corrected chi connectivity index (χ0v) is 16.7. The molecule has 9 heteroatoms. The van der Waals surface area contributed by atoms with Crippen LogP contribution < -0.4 is 10.1 Å². The van der Waals surface area contributed by atoms with Gasteiger partial charge in [0.2, 0.25) is 0 Å². The minimum atomic E-state index is -0.791. The van der Waals surface area contributed by atoms with Crippen molar-refractivity contribution in [3.05, 3.63) is 77.6 Å². The molecule has 4 rings (SSSR count). The number of pyridine rings is 2. The molecule has 146 valence electrons. The number of hydrogen-bond donors (Lipinski definition) is 1. The van der Waals surface area contributed by atoms with Gasteiger partial charge in [0, 0.05) is 23.8 Å². The van der Waals surface area contributed by atoms with E-state index in [2.05, 4.69) is 20.3 Å². The van der Waals surface area contributed by atoms with Crippen LogP contribution in [-0.2, 0) is 0 Å². The first kappa shape index (κ1) is 19.3. The first-order valence-electron chi connectivity index (χ1n) is 8.48. The van der Waals surface area contributed by atoms with E-state index in [0.717, 1.165) is 17.8 Å². The second-order valence-corrected chi connectivity index (χ2v) is 7.78. The number of rotatable bonds is 6. The Kier molecular flexibility index (Phi) is 5.68. The molecule has 0 fully saturated rings. The molecule has 29 heavy (non-hydrogen) atoms. The normalized spacial score (nSPS) is 10.7. The van der Waals surface area contributed by atoms with Gasteiger partial charge in [-0.15, -0.1) is 11.3 Å². The lowest BCUT2D eigenvalue weighted by Crippen LogP contribution is -1.98.